The number of thiazole rings is 1. The molecule has 144 valence electrons. The number of sulfonamides is 1. The van der Waals surface area contributed by atoms with Gasteiger partial charge in [-0.15, -0.1) is 11.3 Å². The summed E-state index contributed by atoms with van der Waals surface area (Å²) in [4.78, 5) is 5.70. The van der Waals surface area contributed by atoms with Crippen molar-refractivity contribution >= 4 is 32.0 Å². The third-order valence-corrected chi connectivity index (χ3v) is 6.78. The molecule has 2 aromatic heterocycles. The molecule has 28 heavy (non-hydrogen) atoms. The quantitative estimate of drug-likeness (QED) is 0.523. The molecule has 0 unspecified atom stereocenters. The number of anilines is 1. The summed E-state index contributed by atoms with van der Waals surface area (Å²) in [6.45, 7) is 3.58. The smallest absolute Gasteiger partial charge is 0.262 e. The van der Waals surface area contributed by atoms with Crippen LogP contribution in [0.15, 0.2) is 59.1 Å². The molecule has 0 aliphatic heterocycles. The number of imidazole rings is 1. The average molecular weight is 414 g/mol. The minimum Gasteiger partial charge on any atom is -0.496 e. The van der Waals surface area contributed by atoms with Gasteiger partial charge in [-0.3, -0.25) is 9.12 Å². The molecule has 6 nitrogen and oxygen atoms in total. The van der Waals surface area contributed by atoms with Gasteiger partial charge in [0.25, 0.3) is 10.0 Å². The van der Waals surface area contributed by atoms with Gasteiger partial charge in [-0.05, 0) is 49.2 Å². The molecule has 0 aliphatic carbocycles. The van der Waals surface area contributed by atoms with Gasteiger partial charge in [0.05, 0.1) is 17.7 Å². The molecule has 4 aromatic rings. The third-order valence-electron chi connectivity index (χ3n) is 4.49. The van der Waals surface area contributed by atoms with Crippen LogP contribution in [0.4, 0.5) is 5.69 Å². The Hall–Kier alpha value is -2.84. The van der Waals surface area contributed by atoms with Gasteiger partial charge in [0.2, 0.25) is 0 Å². The second kappa shape index (κ2) is 6.96. The van der Waals surface area contributed by atoms with E-state index in [0.29, 0.717) is 17.0 Å². The Morgan fingerprint density at radius 2 is 1.96 bits per heavy atom. The van der Waals surface area contributed by atoms with Gasteiger partial charge < -0.3 is 4.74 Å². The van der Waals surface area contributed by atoms with Crippen LogP contribution in [-0.2, 0) is 10.0 Å². The number of benzene rings is 2. The summed E-state index contributed by atoms with van der Waals surface area (Å²) in [6.07, 6.45) is 3.87. The maximum Gasteiger partial charge on any atom is 0.262 e. The van der Waals surface area contributed by atoms with Gasteiger partial charge in [-0.1, -0.05) is 12.1 Å². The Bertz CT molecular complexity index is 1240. The van der Waals surface area contributed by atoms with E-state index in [0.717, 1.165) is 21.8 Å². The van der Waals surface area contributed by atoms with Gasteiger partial charge in [-0.25, -0.2) is 13.4 Å². The van der Waals surface area contributed by atoms with Crippen LogP contribution in [0, 0.1) is 13.8 Å². The number of aryl methyl sites for hydroxylation is 2. The molecule has 0 bridgehead atoms. The van der Waals surface area contributed by atoms with Crippen molar-refractivity contribution in [3.05, 3.63) is 65.3 Å². The van der Waals surface area contributed by atoms with Crippen molar-refractivity contribution in [3.63, 3.8) is 0 Å². The first-order chi connectivity index (χ1) is 13.4. The average Bonchev–Trinajstić information content (AvgIpc) is 3.25. The predicted molar refractivity (Wildman–Crippen MR) is 112 cm³/mol. The highest BCUT2D eigenvalue weighted by Gasteiger charge is 2.19. The predicted octanol–water partition coefficient (Wildman–Crippen LogP) is 4.49. The molecule has 4 rings (SSSR count). The normalized spacial score (nSPS) is 11.7. The first kappa shape index (κ1) is 18.5. The zero-order valence-corrected chi connectivity index (χ0v) is 17.3. The molecule has 0 amide bonds. The molecular weight excluding hydrogens is 394 g/mol. The van der Waals surface area contributed by atoms with E-state index >= 15 is 0 Å². The molecule has 0 aliphatic rings. The molecule has 2 heterocycles. The van der Waals surface area contributed by atoms with E-state index in [-0.39, 0.29) is 4.90 Å². The standard InChI is InChI=1S/C20H19N3O3S2/c1-13-10-19(14(2)9-18(13)26-3)28(24,25)22-16-6-4-5-15(11-16)17-12-23-7-8-27-20(23)21-17/h4-12,22H,1-3H3. The third kappa shape index (κ3) is 3.36. The Morgan fingerprint density at radius 1 is 1.14 bits per heavy atom. The Morgan fingerprint density at radius 3 is 2.71 bits per heavy atom. The number of methoxy groups -OCH3 is 1. The monoisotopic (exact) mass is 413 g/mol. The van der Waals surface area contributed by atoms with E-state index in [4.69, 9.17) is 4.74 Å². The minimum absolute atomic E-state index is 0.235. The van der Waals surface area contributed by atoms with Gasteiger partial charge >= 0.3 is 0 Å². The summed E-state index contributed by atoms with van der Waals surface area (Å²) in [7, 11) is -2.16. The number of ether oxygens (including phenoxy) is 1. The lowest BCUT2D eigenvalue weighted by atomic mass is 10.1. The Labute approximate surface area is 167 Å². The molecule has 0 saturated heterocycles. The lowest BCUT2D eigenvalue weighted by molar-refractivity contribution is 0.411. The topological polar surface area (TPSA) is 72.7 Å². The van der Waals surface area contributed by atoms with Crippen molar-refractivity contribution in [2.45, 2.75) is 18.7 Å². The van der Waals surface area contributed by atoms with Crippen LogP contribution in [0.1, 0.15) is 11.1 Å². The number of hydrogen-bond donors (Lipinski definition) is 1. The number of nitrogens with zero attached hydrogens (tertiary/aromatic N) is 2. The largest absolute Gasteiger partial charge is 0.496 e. The lowest BCUT2D eigenvalue weighted by Gasteiger charge is -2.14. The van der Waals surface area contributed by atoms with Gasteiger partial charge in [0.1, 0.15) is 5.75 Å². The number of aromatic nitrogens is 2. The summed E-state index contributed by atoms with van der Waals surface area (Å²) < 4.78 is 35.8. The second-order valence-corrected chi connectivity index (χ2v) is 9.02. The number of nitrogens with one attached hydrogen (secondary N) is 1. The van der Waals surface area contributed by atoms with Crippen molar-refractivity contribution in [2.24, 2.45) is 0 Å². The van der Waals surface area contributed by atoms with Crippen molar-refractivity contribution < 1.29 is 13.2 Å². The zero-order chi connectivity index (χ0) is 19.9. The molecule has 0 fully saturated rings. The highest BCUT2D eigenvalue weighted by atomic mass is 32.2. The van der Waals surface area contributed by atoms with Crippen LogP contribution < -0.4 is 9.46 Å². The maximum atomic E-state index is 13.0. The van der Waals surface area contributed by atoms with Crippen LogP contribution >= 0.6 is 11.3 Å². The van der Waals surface area contributed by atoms with Crippen LogP contribution in [0.25, 0.3) is 16.2 Å². The maximum absolute atomic E-state index is 13.0. The molecule has 1 N–H and O–H groups in total. The second-order valence-electron chi connectivity index (χ2n) is 6.49. The molecule has 0 atom stereocenters. The highest BCUT2D eigenvalue weighted by molar-refractivity contribution is 7.92. The lowest BCUT2D eigenvalue weighted by Crippen LogP contribution is -2.14. The van der Waals surface area contributed by atoms with Gasteiger partial charge in [-0.2, -0.15) is 0 Å². The molecule has 0 radical (unpaired) electrons. The van der Waals surface area contributed by atoms with Crippen molar-refractivity contribution in [1.29, 1.82) is 0 Å². The summed E-state index contributed by atoms with van der Waals surface area (Å²) in [6, 6.07) is 10.6. The van der Waals surface area contributed by atoms with Crippen LogP contribution in [-0.4, -0.2) is 24.9 Å². The van der Waals surface area contributed by atoms with E-state index in [9.17, 15) is 8.42 Å². The number of hydrogen-bond acceptors (Lipinski definition) is 5. The Balaban J connectivity index is 1.67. The van der Waals surface area contributed by atoms with E-state index in [1.165, 1.54) is 0 Å². The van der Waals surface area contributed by atoms with Crippen molar-refractivity contribution in [1.82, 2.24) is 9.38 Å². The van der Waals surface area contributed by atoms with E-state index in [2.05, 4.69) is 9.71 Å². The zero-order valence-electron chi connectivity index (χ0n) is 15.6. The summed E-state index contributed by atoms with van der Waals surface area (Å²) >= 11 is 1.55. The molecular formula is C20H19N3O3S2. The first-order valence-corrected chi connectivity index (χ1v) is 10.9. The summed E-state index contributed by atoms with van der Waals surface area (Å²) in [5.74, 6) is 0.665. The molecule has 2 aromatic carbocycles. The Kier molecular flexibility index (Phi) is 4.60. The van der Waals surface area contributed by atoms with Crippen LogP contribution in [0.5, 0.6) is 5.75 Å². The SMILES string of the molecule is COc1cc(C)c(S(=O)(=O)Nc2cccc(-c3cn4ccsc4n3)c2)cc1C. The summed E-state index contributed by atoms with van der Waals surface area (Å²) in [5.41, 5.74) is 3.52. The fourth-order valence-electron chi connectivity index (χ4n) is 3.09. The molecule has 8 heteroatoms. The van der Waals surface area contributed by atoms with Gasteiger partial charge in [0.15, 0.2) is 4.96 Å². The van der Waals surface area contributed by atoms with Crippen LogP contribution in [0.3, 0.4) is 0 Å². The number of fused-ring (bicyclic) bond motifs is 1. The van der Waals surface area contributed by atoms with E-state index in [1.807, 2.05) is 41.2 Å². The summed E-state index contributed by atoms with van der Waals surface area (Å²) in [5, 5.41) is 1.97. The van der Waals surface area contributed by atoms with Crippen LogP contribution in [0.2, 0.25) is 0 Å². The molecule has 0 spiro atoms. The fourth-order valence-corrected chi connectivity index (χ4v) is 5.15. The number of rotatable bonds is 5. The van der Waals surface area contributed by atoms with Crippen molar-refractivity contribution in [3.8, 4) is 17.0 Å². The first-order valence-electron chi connectivity index (χ1n) is 8.58. The molecule has 0 saturated carbocycles. The van der Waals surface area contributed by atoms with E-state index in [1.54, 1.807) is 49.6 Å². The fraction of sp³-hybridized carbons (Fsp3) is 0.150. The van der Waals surface area contributed by atoms with E-state index < -0.39 is 10.0 Å². The minimum atomic E-state index is -3.73. The van der Waals surface area contributed by atoms with Gasteiger partial charge in [0, 0.05) is 29.0 Å². The van der Waals surface area contributed by atoms with Crippen molar-refractivity contribution in [2.75, 3.05) is 11.8 Å². The highest BCUT2D eigenvalue weighted by Crippen LogP contribution is 2.29.